The Bertz CT molecular complexity index is 1820. The molecule has 0 bridgehead atoms. The number of Topliss-reactive ketones (excluding diaryl/α,β-unsaturated/α-hetero) is 1. The van der Waals surface area contributed by atoms with Gasteiger partial charge in [0.05, 0.1) is 27.9 Å². The van der Waals surface area contributed by atoms with Crippen molar-refractivity contribution in [3.8, 4) is 0 Å². The van der Waals surface area contributed by atoms with Crippen molar-refractivity contribution in [3.63, 3.8) is 0 Å². The number of fused-ring (bicyclic) bond motifs is 1. The average molecular weight is 749 g/mol. The lowest BCUT2D eigenvalue weighted by atomic mass is 10.1. The van der Waals surface area contributed by atoms with Crippen LogP contribution in [0.1, 0.15) is 41.4 Å². The lowest BCUT2D eigenvalue weighted by Gasteiger charge is -2.29. The van der Waals surface area contributed by atoms with Crippen LogP contribution < -0.4 is 4.90 Å². The van der Waals surface area contributed by atoms with Crippen molar-refractivity contribution < 1.29 is 42.9 Å². The monoisotopic (exact) mass is 747 g/mol. The number of esters is 3. The molecule has 1 fully saturated rings. The fraction of sp³-hybridized carbons (Fsp3) is 0.147. The molecule has 0 aliphatic carbocycles. The van der Waals surface area contributed by atoms with E-state index in [9.17, 15) is 24.0 Å². The number of ether oxygens (including phenoxy) is 4. The molecule has 6 rings (SSSR count). The van der Waals surface area contributed by atoms with Crippen molar-refractivity contribution in [1.29, 1.82) is 0 Å². The minimum atomic E-state index is -1.46. The minimum absolute atomic E-state index is 0.0849. The predicted molar refractivity (Wildman–Crippen MR) is 170 cm³/mol. The first-order valence-corrected chi connectivity index (χ1v) is 15.6. The van der Waals surface area contributed by atoms with Crippen LogP contribution >= 0.6 is 31.9 Å². The topological polar surface area (TPSA) is 126 Å². The summed E-state index contributed by atoms with van der Waals surface area (Å²) >= 11 is 6.74. The van der Waals surface area contributed by atoms with Crippen molar-refractivity contribution >= 4 is 67.1 Å². The van der Waals surface area contributed by atoms with E-state index in [0.29, 0.717) is 8.95 Å². The number of carbonyl (C=O) groups excluding carboxylic acids is 5. The summed E-state index contributed by atoms with van der Waals surface area (Å²) in [6, 6.07) is 27.6. The summed E-state index contributed by atoms with van der Waals surface area (Å²) in [5.41, 5.74) is 0.914. The highest BCUT2D eigenvalue weighted by atomic mass is 79.9. The quantitative estimate of drug-likeness (QED) is 0.125. The van der Waals surface area contributed by atoms with E-state index in [1.807, 2.05) is 0 Å². The van der Waals surface area contributed by atoms with Crippen LogP contribution in [0.25, 0.3) is 0 Å². The standard InChI is InChI=1S/C34H23Br2NO9/c35-22-16-23(36)26-24(17-22)37(30(39)27(26)38)31-29(46-34(42)21-14-8-3-9-15-21)28(45-33(41)20-12-6-2-7-13-20)25(44-31)18-43-32(40)19-10-4-1-5-11-19/h1-17,25,28-29,31H,18H2/t25-,28-,29-,31-/m1/s1. The van der Waals surface area contributed by atoms with Gasteiger partial charge in [0, 0.05) is 8.95 Å². The van der Waals surface area contributed by atoms with Gasteiger partial charge < -0.3 is 18.9 Å². The number of halogens is 2. The molecule has 0 spiro atoms. The van der Waals surface area contributed by atoms with E-state index < -0.39 is 60.7 Å². The summed E-state index contributed by atoms with van der Waals surface area (Å²) in [7, 11) is 0. The zero-order valence-electron chi connectivity index (χ0n) is 23.7. The highest BCUT2D eigenvalue weighted by molar-refractivity contribution is 9.11. The summed E-state index contributed by atoms with van der Waals surface area (Å²) in [6.45, 7) is -0.443. The Balaban J connectivity index is 1.40. The number of hydrogen-bond donors (Lipinski definition) is 0. The molecule has 4 atom stereocenters. The second-order valence-electron chi connectivity index (χ2n) is 10.3. The molecule has 2 heterocycles. The molecule has 12 heteroatoms. The van der Waals surface area contributed by atoms with Gasteiger partial charge in [0.25, 0.3) is 5.78 Å². The van der Waals surface area contributed by atoms with Crippen LogP contribution in [0.5, 0.6) is 0 Å². The van der Waals surface area contributed by atoms with E-state index in [1.165, 1.54) is 12.1 Å². The SMILES string of the molecule is O=C(OC[C@H]1O[C@@H](N2C(=O)C(=O)c3c(Br)cc(Br)cc32)[C@H](OC(=O)c2ccccc2)[C@@H]1OC(=O)c1ccccc1)c1ccccc1. The van der Waals surface area contributed by atoms with Gasteiger partial charge in [-0.1, -0.05) is 70.5 Å². The number of rotatable bonds is 8. The van der Waals surface area contributed by atoms with Crippen LogP contribution in [0.2, 0.25) is 0 Å². The van der Waals surface area contributed by atoms with Crippen LogP contribution in [-0.4, -0.2) is 60.7 Å². The van der Waals surface area contributed by atoms with Crippen molar-refractivity contribution in [3.05, 3.63) is 134 Å². The molecular formula is C34H23Br2NO9. The minimum Gasteiger partial charge on any atom is -0.459 e. The third-order valence-corrected chi connectivity index (χ3v) is 8.45. The summed E-state index contributed by atoms with van der Waals surface area (Å²) in [6.07, 6.45) is -5.51. The number of amides is 1. The molecule has 4 aromatic carbocycles. The fourth-order valence-electron chi connectivity index (χ4n) is 5.22. The highest BCUT2D eigenvalue weighted by Crippen LogP contribution is 2.42. The summed E-state index contributed by atoms with van der Waals surface area (Å²) in [5.74, 6) is -4.01. The number of carbonyl (C=O) groups is 5. The second kappa shape index (κ2) is 13.4. The first-order chi connectivity index (χ1) is 22.2. The largest absolute Gasteiger partial charge is 0.459 e. The molecule has 0 unspecified atom stereocenters. The Labute approximate surface area is 279 Å². The van der Waals surface area contributed by atoms with Gasteiger partial charge >= 0.3 is 23.8 Å². The Morgan fingerprint density at radius 1 is 0.696 bits per heavy atom. The van der Waals surface area contributed by atoms with Gasteiger partial charge in [0.1, 0.15) is 12.7 Å². The molecule has 0 aromatic heterocycles. The van der Waals surface area contributed by atoms with Gasteiger partial charge in [-0.2, -0.15) is 0 Å². The van der Waals surface area contributed by atoms with E-state index in [0.717, 1.165) is 4.90 Å². The molecule has 232 valence electrons. The zero-order chi connectivity index (χ0) is 32.4. The maximum atomic E-state index is 13.5. The van der Waals surface area contributed by atoms with Crippen LogP contribution in [0, 0.1) is 0 Å². The van der Waals surface area contributed by atoms with Gasteiger partial charge in [-0.25, -0.2) is 14.4 Å². The Morgan fingerprint density at radius 3 is 1.74 bits per heavy atom. The number of anilines is 1. The Kier molecular flexibility index (Phi) is 9.11. The van der Waals surface area contributed by atoms with Crippen LogP contribution in [0.4, 0.5) is 5.69 Å². The van der Waals surface area contributed by atoms with Crippen LogP contribution in [0.3, 0.4) is 0 Å². The summed E-state index contributed by atoms with van der Waals surface area (Å²) < 4.78 is 24.6. The maximum Gasteiger partial charge on any atom is 0.338 e. The molecule has 0 radical (unpaired) electrons. The highest BCUT2D eigenvalue weighted by Gasteiger charge is 2.56. The van der Waals surface area contributed by atoms with Gasteiger partial charge in [0.15, 0.2) is 18.4 Å². The first kappa shape index (κ1) is 31.3. The molecular weight excluding hydrogens is 726 g/mol. The third kappa shape index (κ3) is 6.23. The van der Waals surface area contributed by atoms with E-state index >= 15 is 0 Å². The normalized spacial score (nSPS) is 20.3. The van der Waals surface area contributed by atoms with Gasteiger partial charge in [0.2, 0.25) is 0 Å². The van der Waals surface area contributed by atoms with Gasteiger partial charge in [-0.05, 0) is 64.5 Å². The van der Waals surface area contributed by atoms with Crippen molar-refractivity contribution in [1.82, 2.24) is 0 Å². The molecule has 2 aliphatic rings. The number of hydrogen-bond acceptors (Lipinski definition) is 9. The van der Waals surface area contributed by atoms with Gasteiger partial charge in [-0.15, -0.1) is 0 Å². The predicted octanol–water partition coefficient (Wildman–Crippen LogP) is 5.77. The van der Waals surface area contributed by atoms with E-state index in [-0.39, 0.29) is 27.9 Å². The van der Waals surface area contributed by atoms with Crippen molar-refractivity contribution in [2.45, 2.75) is 24.5 Å². The number of benzene rings is 4. The third-order valence-electron chi connectivity index (χ3n) is 7.37. The molecule has 1 saturated heterocycles. The summed E-state index contributed by atoms with van der Waals surface area (Å²) in [5, 5.41) is 0. The number of ketones is 1. The van der Waals surface area contributed by atoms with Crippen molar-refractivity contribution in [2.24, 2.45) is 0 Å². The Hall–Kier alpha value is -4.65. The van der Waals surface area contributed by atoms with E-state index in [2.05, 4.69) is 31.9 Å². The zero-order valence-corrected chi connectivity index (χ0v) is 26.9. The molecule has 1 amide bonds. The summed E-state index contributed by atoms with van der Waals surface area (Å²) in [4.78, 5) is 67.5. The smallest absolute Gasteiger partial charge is 0.338 e. The molecule has 2 aliphatic heterocycles. The lowest BCUT2D eigenvalue weighted by Crippen LogP contribution is -2.49. The van der Waals surface area contributed by atoms with E-state index in [1.54, 1.807) is 91.0 Å². The van der Waals surface area contributed by atoms with Crippen LogP contribution in [-0.2, 0) is 23.7 Å². The average Bonchev–Trinajstić information content (AvgIpc) is 3.52. The lowest BCUT2D eigenvalue weighted by molar-refractivity contribution is -0.118. The van der Waals surface area contributed by atoms with Gasteiger partial charge in [-0.3, -0.25) is 14.5 Å². The van der Waals surface area contributed by atoms with Crippen molar-refractivity contribution in [2.75, 3.05) is 11.5 Å². The molecule has 4 aromatic rings. The second-order valence-corrected chi connectivity index (χ2v) is 12.1. The van der Waals surface area contributed by atoms with E-state index in [4.69, 9.17) is 18.9 Å². The fourth-order valence-corrected chi connectivity index (χ4v) is 6.60. The molecule has 46 heavy (non-hydrogen) atoms. The molecule has 0 saturated carbocycles. The molecule has 0 N–H and O–H groups in total. The number of nitrogens with zero attached hydrogens (tertiary/aromatic N) is 1. The first-order valence-electron chi connectivity index (χ1n) is 14.0. The molecule has 10 nitrogen and oxygen atoms in total. The van der Waals surface area contributed by atoms with Crippen LogP contribution in [0.15, 0.2) is 112 Å². The maximum absolute atomic E-state index is 13.5. The Morgan fingerprint density at radius 2 is 1.20 bits per heavy atom.